The van der Waals surface area contributed by atoms with E-state index in [1.165, 1.54) is 0 Å². The Kier molecular flexibility index (Phi) is 5.36. The Labute approximate surface area is 167 Å². The van der Waals surface area contributed by atoms with Gasteiger partial charge < -0.3 is 19.3 Å². The van der Waals surface area contributed by atoms with Crippen LogP contribution in [-0.4, -0.2) is 41.8 Å². The van der Waals surface area contributed by atoms with Crippen molar-refractivity contribution in [1.82, 2.24) is 0 Å². The SMILES string of the molecule is CCN(C(=O)C1CC1)c1cc(CB2OC(C)(C)C(C)(C)O2)cc(C(=O)O)c1C. The number of benzene rings is 1. The second-order valence-corrected chi connectivity index (χ2v) is 8.84. The summed E-state index contributed by atoms with van der Waals surface area (Å²) in [5, 5.41) is 9.69. The third-order valence-electron chi connectivity index (χ3n) is 6.17. The van der Waals surface area contributed by atoms with Gasteiger partial charge in [0.25, 0.3) is 0 Å². The number of aromatic carboxylic acids is 1. The second-order valence-electron chi connectivity index (χ2n) is 8.84. The van der Waals surface area contributed by atoms with Crippen molar-refractivity contribution in [3.05, 3.63) is 28.8 Å². The third kappa shape index (κ3) is 3.83. The van der Waals surface area contributed by atoms with E-state index in [4.69, 9.17) is 9.31 Å². The molecule has 152 valence electrons. The van der Waals surface area contributed by atoms with E-state index < -0.39 is 24.3 Å². The molecule has 1 aliphatic heterocycles. The minimum atomic E-state index is -0.996. The molecule has 28 heavy (non-hydrogen) atoms. The number of anilines is 1. The number of carboxylic acid groups (broad SMARTS) is 1. The van der Waals surface area contributed by atoms with Crippen molar-refractivity contribution in [2.24, 2.45) is 5.92 Å². The van der Waals surface area contributed by atoms with Gasteiger partial charge in [-0.2, -0.15) is 0 Å². The van der Waals surface area contributed by atoms with Gasteiger partial charge in [0, 0.05) is 24.5 Å². The first-order chi connectivity index (χ1) is 13.0. The lowest BCUT2D eigenvalue weighted by Gasteiger charge is -2.32. The van der Waals surface area contributed by atoms with Crippen LogP contribution in [0.15, 0.2) is 12.1 Å². The standard InChI is InChI=1S/C21H30BNO5/c1-7-23(18(24)15-8-9-15)17-11-14(10-16(13(17)2)19(25)26)12-22-27-20(3,4)21(5,6)28-22/h10-11,15H,7-9,12H2,1-6H3,(H,25,26). The van der Waals surface area contributed by atoms with Crippen molar-refractivity contribution in [2.45, 2.75) is 71.9 Å². The van der Waals surface area contributed by atoms with Gasteiger partial charge in [0.15, 0.2) is 0 Å². The van der Waals surface area contributed by atoms with Crippen LogP contribution in [0, 0.1) is 12.8 Å². The highest BCUT2D eigenvalue weighted by Gasteiger charge is 2.50. The average molecular weight is 387 g/mol. The summed E-state index contributed by atoms with van der Waals surface area (Å²) in [6.07, 6.45) is 2.25. The highest BCUT2D eigenvalue weighted by Crippen LogP contribution is 2.38. The molecule has 3 rings (SSSR count). The maximum atomic E-state index is 12.7. The van der Waals surface area contributed by atoms with E-state index in [0.29, 0.717) is 24.1 Å². The van der Waals surface area contributed by atoms with Gasteiger partial charge in [0.2, 0.25) is 5.91 Å². The van der Waals surface area contributed by atoms with E-state index in [-0.39, 0.29) is 17.4 Å². The smallest absolute Gasteiger partial charge is 0.462 e. The molecule has 6 nitrogen and oxygen atoms in total. The van der Waals surface area contributed by atoms with Gasteiger partial charge in [-0.25, -0.2) is 4.79 Å². The second kappa shape index (κ2) is 7.19. The Balaban J connectivity index is 1.95. The fourth-order valence-electron chi connectivity index (χ4n) is 3.61. The number of nitrogens with zero attached hydrogens (tertiary/aromatic N) is 1. The highest BCUT2D eigenvalue weighted by molar-refractivity contribution is 6.45. The van der Waals surface area contributed by atoms with Crippen LogP contribution in [0.25, 0.3) is 0 Å². The molecule has 0 aromatic heterocycles. The molecule has 0 radical (unpaired) electrons. The zero-order valence-electron chi connectivity index (χ0n) is 17.7. The maximum absolute atomic E-state index is 12.7. The van der Waals surface area contributed by atoms with Crippen LogP contribution in [0.4, 0.5) is 5.69 Å². The Hall–Kier alpha value is -1.86. The van der Waals surface area contributed by atoms with E-state index in [2.05, 4.69) is 0 Å². The van der Waals surface area contributed by atoms with Gasteiger partial charge in [0.1, 0.15) is 0 Å². The van der Waals surface area contributed by atoms with Gasteiger partial charge in [-0.15, -0.1) is 0 Å². The van der Waals surface area contributed by atoms with Crippen LogP contribution in [0.1, 0.15) is 68.9 Å². The molecule has 1 aliphatic carbocycles. The van der Waals surface area contributed by atoms with E-state index in [0.717, 1.165) is 18.4 Å². The van der Waals surface area contributed by atoms with Crippen molar-refractivity contribution >= 4 is 24.7 Å². The van der Waals surface area contributed by atoms with Crippen LogP contribution >= 0.6 is 0 Å². The largest absolute Gasteiger partial charge is 0.478 e. The summed E-state index contributed by atoms with van der Waals surface area (Å²) in [4.78, 5) is 26.3. The van der Waals surface area contributed by atoms with Crippen molar-refractivity contribution in [1.29, 1.82) is 0 Å². The Bertz CT molecular complexity index is 784. The summed E-state index contributed by atoms with van der Waals surface area (Å²) < 4.78 is 12.1. The Morgan fingerprint density at radius 3 is 2.21 bits per heavy atom. The third-order valence-corrected chi connectivity index (χ3v) is 6.17. The van der Waals surface area contributed by atoms with Crippen LogP contribution in [0.3, 0.4) is 0 Å². The van der Waals surface area contributed by atoms with E-state index in [1.54, 1.807) is 17.9 Å². The first-order valence-electron chi connectivity index (χ1n) is 10.0. The molecule has 2 aliphatic rings. The van der Waals surface area contributed by atoms with Gasteiger partial charge >= 0.3 is 13.1 Å². The highest BCUT2D eigenvalue weighted by atomic mass is 16.7. The van der Waals surface area contributed by atoms with E-state index >= 15 is 0 Å². The summed E-state index contributed by atoms with van der Waals surface area (Å²) in [6, 6.07) is 3.58. The number of amides is 1. The first-order valence-corrected chi connectivity index (χ1v) is 10.0. The molecular formula is C21H30BNO5. The fraction of sp³-hybridized carbons (Fsp3) is 0.619. The van der Waals surface area contributed by atoms with Crippen LogP contribution in [-0.2, 0) is 20.4 Å². The van der Waals surface area contributed by atoms with E-state index in [9.17, 15) is 14.7 Å². The van der Waals surface area contributed by atoms with Crippen LogP contribution < -0.4 is 4.90 Å². The number of carboxylic acids is 1. The number of carbonyl (C=O) groups is 2. The summed E-state index contributed by atoms with van der Waals surface area (Å²) in [5.41, 5.74) is 1.40. The maximum Gasteiger partial charge on any atom is 0.462 e. The lowest BCUT2D eigenvalue weighted by atomic mass is 9.79. The number of hydrogen-bond acceptors (Lipinski definition) is 4. The fourth-order valence-corrected chi connectivity index (χ4v) is 3.61. The normalized spacial score (nSPS) is 20.3. The zero-order valence-corrected chi connectivity index (χ0v) is 17.7. The predicted octanol–water partition coefficient (Wildman–Crippen LogP) is 3.63. The Morgan fingerprint density at radius 2 is 1.75 bits per heavy atom. The van der Waals surface area contributed by atoms with E-state index in [1.807, 2.05) is 40.7 Å². The monoisotopic (exact) mass is 387 g/mol. The number of carbonyl (C=O) groups excluding carboxylic acids is 1. The summed E-state index contributed by atoms with van der Waals surface area (Å²) >= 11 is 0. The van der Waals surface area contributed by atoms with Gasteiger partial charge in [0.05, 0.1) is 16.8 Å². The number of rotatable bonds is 6. The molecule has 1 N–H and O–H groups in total. The van der Waals surface area contributed by atoms with Gasteiger partial charge in [-0.1, -0.05) is 0 Å². The summed E-state index contributed by atoms with van der Waals surface area (Å²) in [7, 11) is -0.462. The zero-order chi connectivity index (χ0) is 20.9. The molecule has 1 aromatic carbocycles. The average Bonchev–Trinajstić information content (AvgIpc) is 3.38. The van der Waals surface area contributed by atoms with Crippen LogP contribution in [0.5, 0.6) is 0 Å². The quantitative estimate of drug-likeness (QED) is 0.755. The van der Waals surface area contributed by atoms with Gasteiger partial charge in [-0.05, 0) is 77.6 Å². The number of hydrogen-bond donors (Lipinski definition) is 1. The molecule has 0 unspecified atom stereocenters. The summed E-state index contributed by atoms with van der Waals surface area (Å²) in [5.74, 6) is -0.849. The lowest BCUT2D eigenvalue weighted by molar-refractivity contribution is -0.119. The molecule has 1 aromatic rings. The minimum Gasteiger partial charge on any atom is -0.478 e. The lowest BCUT2D eigenvalue weighted by Crippen LogP contribution is -2.41. The molecule has 1 saturated carbocycles. The topological polar surface area (TPSA) is 76.1 Å². The molecule has 1 saturated heterocycles. The molecule has 1 heterocycles. The first kappa shape index (κ1) is 20.9. The van der Waals surface area contributed by atoms with Crippen molar-refractivity contribution in [3.63, 3.8) is 0 Å². The molecular weight excluding hydrogens is 357 g/mol. The molecule has 0 spiro atoms. The molecule has 7 heteroatoms. The summed E-state index contributed by atoms with van der Waals surface area (Å²) in [6.45, 7) is 12.1. The van der Waals surface area contributed by atoms with Crippen LogP contribution in [0.2, 0.25) is 0 Å². The Morgan fingerprint density at radius 1 is 1.18 bits per heavy atom. The van der Waals surface area contributed by atoms with Gasteiger partial charge in [-0.3, -0.25) is 4.79 Å². The molecule has 0 bridgehead atoms. The minimum absolute atomic E-state index is 0.0689. The van der Waals surface area contributed by atoms with Crippen molar-refractivity contribution in [3.8, 4) is 0 Å². The predicted molar refractivity (Wildman–Crippen MR) is 109 cm³/mol. The van der Waals surface area contributed by atoms with Crippen molar-refractivity contribution < 1.29 is 24.0 Å². The molecule has 0 atom stereocenters. The van der Waals surface area contributed by atoms with Crippen molar-refractivity contribution in [2.75, 3.05) is 11.4 Å². The molecule has 2 fully saturated rings. The molecule has 1 amide bonds.